The van der Waals surface area contributed by atoms with E-state index >= 15 is 0 Å². The first-order valence-corrected chi connectivity index (χ1v) is 8.02. The number of aliphatic hydroxyl groups is 1. The highest BCUT2D eigenvalue weighted by Gasteiger charge is 2.54. The lowest BCUT2D eigenvalue weighted by Gasteiger charge is -2.38. The topological polar surface area (TPSA) is 52.6 Å². The third-order valence-corrected chi connectivity index (χ3v) is 4.42. The lowest BCUT2D eigenvalue weighted by atomic mass is 9.91. The molecule has 4 nitrogen and oxygen atoms in total. The minimum Gasteiger partial charge on any atom is -0.380 e. The van der Waals surface area contributed by atoms with E-state index in [1.807, 2.05) is 18.2 Å². The summed E-state index contributed by atoms with van der Waals surface area (Å²) >= 11 is 0. The van der Waals surface area contributed by atoms with E-state index in [1.165, 1.54) is 0 Å². The quantitative estimate of drug-likeness (QED) is 0.882. The molecule has 1 aromatic rings. The van der Waals surface area contributed by atoms with Gasteiger partial charge in [-0.1, -0.05) is 26.0 Å². The van der Waals surface area contributed by atoms with Gasteiger partial charge in [-0.3, -0.25) is 9.69 Å². The van der Waals surface area contributed by atoms with Crippen LogP contribution in [0.5, 0.6) is 0 Å². The van der Waals surface area contributed by atoms with Crippen LogP contribution in [0, 0.1) is 0 Å². The largest absolute Gasteiger partial charge is 0.417 e. The summed E-state index contributed by atoms with van der Waals surface area (Å²) in [6.45, 7) is 4.19. The molecule has 1 heterocycles. The number of carbonyl (C=O) groups excluding carboxylic acids is 1. The van der Waals surface area contributed by atoms with Crippen LogP contribution in [-0.4, -0.2) is 47.3 Å². The van der Waals surface area contributed by atoms with E-state index < -0.39 is 24.6 Å². The zero-order chi connectivity index (χ0) is 18.0. The number of likely N-dealkylation sites (tertiary alicyclic amines) is 1. The fraction of sp³-hybridized carbons (Fsp3) is 0.588. The smallest absolute Gasteiger partial charge is 0.380 e. The van der Waals surface area contributed by atoms with Gasteiger partial charge in [0.2, 0.25) is 5.91 Å². The van der Waals surface area contributed by atoms with Crippen LogP contribution in [0.25, 0.3) is 0 Å². The highest BCUT2D eigenvalue weighted by Crippen LogP contribution is 2.38. The summed E-state index contributed by atoms with van der Waals surface area (Å²) in [4.78, 5) is 13.7. The lowest BCUT2D eigenvalue weighted by molar-refractivity contribution is -0.272. The normalized spacial score (nSPS) is 18.6. The molecule has 1 aliphatic heterocycles. The maximum atomic E-state index is 12.8. The number of hydrogen-bond donors (Lipinski definition) is 2. The van der Waals surface area contributed by atoms with Crippen LogP contribution in [0.3, 0.4) is 0 Å². The van der Waals surface area contributed by atoms with Crippen molar-refractivity contribution in [3.63, 3.8) is 0 Å². The maximum absolute atomic E-state index is 12.8. The number of alkyl halides is 3. The molecule has 1 aliphatic rings. The van der Waals surface area contributed by atoms with Crippen LogP contribution in [0.1, 0.15) is 38.2 Å². The molecule has 1 saturated heterocycles. The summed E-state index contributed by atoms with van der Waals surface area (Å²) in [7, 11) is 0. The standard InChI is InChI=1S/C17H23F3N2O2/c1-12(2)13-4-3-5-14(10-13)21-15(23)11-22-8-6-16(24,7-9-22)17(18,19)20/h3-5,10,12,24H,6-9,11H2,1-2H3,(H,21,23). The number of amides is 1. The highest BCUT2D eigenvalue weighted by molar-refractivity contribution is 5.92. The molecule has 0 bridgehead atoms. The molecule has 0 aliphatic carbocycles. The molecular weight excluding hydrogens is 321 g/mol. The Balaban J connectivity index is 1.87. The van der Waals surface area contributed by atoms with Crippen molar-refractivity contribution in [3.05, 3.63) is 29.8 Å². The van der Waals surface area contributed by atoms with Gasteiger partial charge in [0.15, 0.2) is 5.60 Å². The van der Waals surface area contributed by atoms with Gasteiger partial charge in [0.05, 0.1) is 6.54 Å². The number of anilines is 1. The zero-order valence-corrected chi connectivity index (χ0v) is 13.9. The van der Waals surface area contributed by atoms with E-state index in [0.29, 0.717) is 11.6 Å². The van der Waals surface area contributed by atoms with Crippen molar-refractivity contribution >= 4 is 11.6 Å². The summed E-state index contributed by atoms with van der Waals surface area (Å²) in [5.41, 5.74) is -0.859. The predicted molar refractivity (Wildman–Crippen MR) is 85.8 cm³/mol. The molecule has 0 radical (unpaired) electrons. The van der Waals surface area contributed by atoms with E-state index in [0.717, 1.165) is 5.56 Å². The van der Waals surface area contributed by atoms with Crippen LogP contribution in [0.4, 0.5) is 18.9 Å². The molecule has 1 fully saturated rings. The zero-order valence-electron chi connectivity index (χ0n) is 13.9. The average Bonchev–Trinajstić information content (AvgIpc) is 2.49. The first-order valence-electron chi connectivity index (χ1n) is 8.02. The fourth-order valence-corrected chi connectivity index (χ4v) is 2.74. The van der Waals surface area contributed by atoms with Gasteiger partial charge in [-0.05, 0) is 36.5 Å². The van der Waals surface area contributed by atoms with Gasteiger partial charge in [0.25, 0.3) is 0 Å². The number of halogens is 3. The second-order valence-electron chi connectivity index (χ2n) is 6.63. The average molecular weight is 344 g/mol. The minimum absolute atomic E-state index is 0.0137. The number of piperidine rings is 1. The van der Waals surface area contributed by atoms with Crippen molar-refractivity contribution in [2.24, 2.45) is 0 Å². The van der Waals surface area contributed by atoms with Crippen molar-refractivity contribution in [1.29, 1.82) is 0 Å². The van der Waals surface area contributed by atoms with Gasteiger partial charge in [-0.25, -0.2) is 0 Å². The van der Waals surface area contributed by atoms with Crippen molar-refractivity contribution < 1.29 is 23.1 Å². The van der Waals surface area contributed by atoms with E-state index in [2.05, 4.69) is 19.2 Å². The van der Waals surface area contributed by atoms with Crippen LogP contribution in [-0.2, 0) is 4.79 Å². The number of rotatable bonds is 4. The molecule has 0 spiro atoms. The highest BCUT2D eigenvalue weighted by atomic mass is 19.4. The molecule has 7 heteroatoms. The van der Waals surface area contributed by atoms with E-state index in [1.54, 1.807) is 11.0 Å². The number of nitrogens with zero attached hydrogens (tertiary/aromatic N) is 1. The van der Waals surface area contributed by atoms with E-state index in [9.17, 15) is 23.1 Å². The Labute approximate surface area is 139 Å². The molecule has 24 heavy (non-hydrogen) atoms. The summed E-state index contributed by atoms with van der Waals surface area (Å²) < 4.78 is 38.3. The van der Waals surface area contributed by atoms with Gasteiger partial charge in [0.1, 0.15) is 0 Å². The molecule has 0 unspecified atom stereocenters. The summed E-state index contributed by atoms with van der Waals surface area (Å²) in [5.74, 6) is 0.0670. The molecule has 1 amide bonds. The van der Waals surface area contributed by atoms with Crippen molar-refractivity contribution in [2.45, 2.75) is 44.4 Å². The number of nitrogens with one attached hydrogen (secondary N) is 1. The van der Waals surface area contributed by atoms with Gasteiger partial charge < -0.3 is 10.4 Å². The van der Waals surface area contributed by atoms with Gasteiger partial charge in [-0.15, -0.1) is 0 Å². The van der Waals surface area contributed by atoms with Crippen LogP contribution < -0.4 is 5.32 Å². The van der Waals surface area contributed by atoms with Gasteiger partial charge >= 0.3 is 6.18 Å². The molecule has 1 aromatic carbocycles. The summed E-state index contributed by atoms with van der Waals surface area (Å²) in [6.07, 6.45) is -5.45. The predicted octanol–water partition coefficient (Wildman–Crippen LogP) is 3.14. The third kappa shape index (κ3) is 4.48. The monoisotopic (exact) mass is 344 g/mol. The Morgan fingerprint density at radius 2 is 1.96 bits per heavy atom. The summed E-state index contributed by atoms with van der Waals surface area (Å²) in [5, 5.41) is 12.4. The van der Waals surface area contributed by atoms with Gasteiger partial charge in [0, 0.05) is 18.8 Å². The second-order valence-corrected chi connectivity index (χ2v) is 6.63. The van der Waals surface area contributed by atoms with Crippen molar-refractivity contribution in [2.75, 3.05) is 25.0 Å². The Morgan fingerprint density at radius 1 is 1.33 bits per heavy atom. The van der Waals surface area contributed by atoms with Crippen LogP contribution in [0.2, 0.25) is 0 Å². The number of benzene rings is 1. The Hall–Kier alpha value is -1.60. The Bertz CT molecular complexity index is 579. The molecule has 0 saturated carbocycles. The third-order valence-electron chi connectivity index (χ3n) is 4.42. The molecule has 0 atom stereocenters. The van der Waals surface area contributed by atoms with Gasteiger partial charge in [-0.2, -0.15) is 13.2 Å². The van der Waals surface area contributed by atoms with E-state index in [4.69, 9.17) is 0 Å². The van der Waals surface area contributed by atoms with E-state index in [-0.39, 0.29) is 25.5 Å². The first kappa shape index (κ1) is 18.7. The summed E-state index contributed by atoms with van der Waals surface area (Å²) in [6, 6.07) is 7.50. The van der Waals surface area contributed by atoms with Crippen LogP contribution in [0.15, 0.2) is 24.3 Å². The molecule has 134 valence electrons. The minimum atomic E-state index is -4.63. The first-order chi connectivity index (χ1) is 11.1. The second kappa shape index (κ2) is 7.11. The Morgan fingerprint density at radius 3 is 2.50 bits per heavy atom. The number of carbonyl (C=O) groups is 1. The van der Waals surface area contributed by atoms with Crippen molar-refractivity contribution in [1.82, 2.24) is 4.90 Å². The number of hydrogen-bond acceptors (Lipinski definition) is 3. The lowest BCUT2D eigenvalue weighted by Crippen LogP contribution is -2.54. The SMILES string of the molecule is CC(C)c1cccc(NC(=O)CN2CCC(O)(C(F)(F)F)CC2)c1. The fourth-order valence-electron chi connectivity index (χ4n) is 2.74. The Kier molecular flexibility index (Phi) is 5.55. The molecular formula is C17H23F3N2O2. The molecule has 0 aromatic heterocycles. The maximum Gasteiger partial charge on any atom is 0.417 e. The van der Waals surface area contributed by atoms with Crippen LogP contribution >= 0.6 is 0 Å². The molecule has 2 N–H and O–H groups in total. The molecule has 2 rings (SSSR count). The van der Waals surface area contributed by atoms with Crippen molar-refractivity contribution in [3.8, 4) is 0 Å².